The highest BCUT2D eigenvalue weighted by atomic mass is 16.7. The Morgan fingerprint density at radius 1 is 1.00 bits per heavy atom. The average Bonchev–Trinajstić information content (AvgIpc) is 3.55. The van der Waals surface area contributed by atoms with E-state index in [1.165, 1.54) is 0 Å². The van der Waals surface area contributed by atoms with Gasteiger partial charge in [0.25, 0.3) is 0 Å². The van der Waals surface area contributed by atoms with Crippen LogP contribution in [0.4, 0.5) is 0 Å². The van der Waals surface area contributed by atoms with Crippen molar-refractivity contribution in [2.75, 3.05) is 14.2 Å². The highest BCUT2D eigenvalue weighted by Gasteiger charge is 2.36. The van der Waals surface area contributed by atoms with Crippen molar-refractivity contribution in [3.05, 3.63) is 59.8 Å². The Hall–Kier alpha value is -3.50. The van der Waals surface area contributed by atoms with Gasteiger partial charge in [-0.15, -0.1) is 5.10 Å². The Morgan fingerprint density at radius 3 is 2.41 bits per heavy atom. The van der Waals surface area contributed by atoms with Crippen LogP contribution < -0.4 is 0 Å². The van der Waals surface area contributed by atoms with Crippen LogP contribution in [0, 0.1) is 0 Å². The summed E-state index contributed by atoms with van der Waals surface area (Å²) < 4.78 is 13.4. The summed E-state index contributed by atoms with van der Waals surface area (Å²) in [5.41, 5.74) is 3.72. The Balaban J connectivity index is 1.62. The molecule has 0 spiro atoms. The molecule has 0 saturated carbocycles. The van der Waals surface area contributed by atoms with Crippen molar-refractivity contribution in [1.29, 1.82) is 0 Å². The predicted molar refractivity (Wildman–Crippen MR) is 127 cm³/mol. The van der Waals surface area contributed by atoms with Crippen LogP contribution >= 0.6 is 0 Å². The van der Waals surface area contributed by atoms with Gasteiger partial charge < -0.3 is 9.47 Å². The molecule has 0 unspecified atom stereocenters. The van der Waals surface area contributed by atoms with Crippen LogP contribution in [-0.2, 0) is 28.2 Å². The molecule has 3 aromatic heterocycles. The maximum atomic E-state index is 5.73. The largest absolute Gasteiger partial charge is 0.347 e. The Morgan fingerprint density at radius 2 is 1.79 bits per heavy atom. The summed E-state index contributed by atoms with van der Waals surface area (Å²) in [5, 5.41) is 19.0. The zero-order valence-electron chi connectivity index (χ0n) is 20.0. The number of rotatable bonds is 11. The molecular weight excluding hydrogens is 432 g/mol. The minimum Gasteiger partial charge on any atom is -0.347 e. The van der Waals surface area contributed by atoms with Gasteiger partial charge in [0.15, 0.2) is 5.82 Å². The number of methoxy groups -OCH3 is 2. The highest BCUT2D eigenvalue weighted by molar-refractivity contribution is 5.78. The Bertz CT molecular complexity index is 1180. The van der Waals surface area contributed by atoms with E-state index in [4.69, 9.17) is 24.5 Å². The molecule has 1 aromatic carbocycles. The number of aryl methyl sites for hydroxylation is 1. The molecule has 3 heterocycles. The molecule has 0 aliphatic rings. The summed E-state index contributed by atoms with van der Waals surface area (Å²) in [7, 11) is 3.27. The van der Waals surface area contributed by atoms with Crippen LogP contribution in [0.15, 0.2) is 42.6 Å². The molecule has 10 nitrogen and oxygen atoms in total. The summed E-state index contributed by atoms with van der Waals surface area (Å²) in [6, 6.07) is 12.0. The fraction of sp³-hybridized carbons (Fsp3) is 0.417. The molecule has 4 rings (SSSR count). The second kappa shape index (κ2) is 10.6. The average molecular weight is 463 g/mol. The summed E-state index contributed by atoms with van der Waals surface area (Å²) in [6.45, 7) is 4.97. The van der Waals surface area contributed by atoms with Gasteiger partial charge in [-0.2, -0.15) is 5.10 Å². The number of benzene rings is 1. The third kappa shape index (κ3) is 4.73. The van der Waals surface area contributed by atoms with Gasteiger partial charge in [-0.25, -0.2) is 14.8 Å². The first-order chi connectivity index (χ1) is 16.6. The molecule has 0 fully saturated rings. The van der Waals surface area contributed by atoms with E-state index in [0.29, 0.717) is 24.5 Å². The van der Waals surface area contributed by atoms with Gasteiger partial charge in [0.05, 0.1) is 5.69 Å². The smallest absolute Gasteiger partial charge is 0.231 e. The van der Waals surface area contributed by atoms with Gasteiger partial charge in [0, 0.05) is 50.9 Å². The molecule has 0 amide bonds. The SMILES string of the molecule is CCCn1nc(C(CCC)(OC)OC)nc1Cc1ccc(-c2ccccc2-c2nnn[nH]2)nc1. The number of aromatic amines is 1. The molecule has 0 aliphatic heterocycles. The molecule has 1 N–H and O–H groups in total. The normalized spacial score (nSPS) is 11.8. The number of H-pyrrole nitrogens is 1. The Kier molecular flexibility index (Phi) is 7.39. The number of nitrogens with zero attached hydrogens (tertiary/aromatic N) is 7. The van der Waals surface area contributed by atoms with Gasteiger partial charge in [0.2, 0.25) is 11.6 Å². The standard InChI is InChI=1S/C24H30N8O2/c1-5-13-24(33-3,34-4)23-26-21(32(29-23)14-6-2)15-17-11-12-20(25-16-17)18-9-7-8-10-19(18)22-27-30-31-28-22/h7-12,16H,5-6,13-15H2,1-4H3,(H,27,28,30,31). The summed E-state index contributed by atoms with van der Waals surface area (Å²) >= 11 is 0. The molecule has 0 aliphatic carbocycles. The van der Waals surface area contributed by atoms with Crippen molar-refractivity contribution in [2.45, 2.75) is 51.9 Å². The second-order valence-electron chi connectivity index (χ2n) is 8.01. The molecule has 4 aromatic rings. The number of aromatic nitrogens is 8. The zero-order valence-corrected chi connectivity index (χ0v) is 20.0. The van der Waals surface area contributed by atoms with Crippen molar-refractivity contribution in [2.24, 2.45) is 0 Å². The fourth-order valence-electron chi connectivity index (χ4n) is 4.03. The van der Waals surface area contributed by atoms with E-state index in [0.717, 1.165) is 47.6 Å². The molecule has 0 bridgehead atoms. The monoisotopic (exact) mass is 462 g/mol. The number of pyridine rings is 1. The minimum atomic E-state index is -0.941. The number of nitrogens with one attached hydrogen (secondary N) is 1. The van der Waals surface area contributed by atoms with E-state index in [9.17, 15) is 0 Å². The molecular formula is C24H30N8O2. The van der Waals surface area contributed by atoms with Crippen molar-refractivity contribution in [3.63, 3.8) is 0 Å². The third-order valence-electron chi connectivity index (χ3n) is 5.75. The van der Waals surface area contributed by atoms with E-state index in [-0.39, 0.29) is 0 Å². The molecule has 0 saturated heterocycles. The minimum absolute atomic E-state index is 0.557. The van der Waals surface area contributed by atoms with Crippen molar-refractivity contribution in [3.8, 4) is 22.6 Å². The predicted octanol–water partition coefficient (Wildman–Crippen LogP) is 3.77. The van der Waals surface area contributed by atoms with Crippen molar-refractivity contribution >= 4 is 0 Å². The topological polar surface area (TPSA) is 117 Å². The fourth-order valence-corrected chi connectivity index (χ4v) is 4.03. The number of tetrazole rings is 1. The maximum Gasteiger partial charge on any atom is 0.231 e. The first-order valence-corrected chi connectivity index (χ1v) is 11.5. The van der Waals surface area contributed by atoms with E-state index in [1.807, 2.05) is 41.2 Å². The van der Waals surface area contributed by atoms with Crippen molar-refractivity contribution in [1.82, 2.24) is 40.4 Å². The molecule has 178 valence electrons. The second-order valence-corrected chi connectivity index (χ2v) is 8.01. The van der Waals surface area contributed by atoms with Crippen LogP contribution in [0.2, 0.25) is 0 Å². The third-order valence-corrected chi connectivity index (χ3v) is 5.75. The lowest BCUT2D eigenvalue weighted by molar-refractivity contribution is -0.225. The first-order valence-electron chi connectivity index (χ1n) is 11.5. The van der Waals surface area contributed by atoms with Gasteiger partial charge in [0.1, 0.15) is 5.82 Å². The van der Waals surface area contributed by atoms with Gasteiger partial charge in [-0.1, -0.05) is 50.6 Å². The zero-order chi connectivity index (χ0) is 24.0. The lowest BCUT2D eigenvalue weighted by Gasteiger charge is -2.27. The van der Waals surface area contributed by atoms with Gasteiger partial charge in [-0.05, 0) is 28.5 Å². The van der Waals surface area contributed by atoms with E-state index in [2.05, 4.69) is 40.5 Å². The number of ether oxygens (including phenoxy) is 2. The van der Waals surface area contributed by atoms with Crippen LogP contribution in [0.3, 0.4) is 0 Å². The van der Waals surface area contributed by atoms with E-state index >= 15 is 0 Å². The van der Waals surface area contributed by atoms with Crippen molar-refractivity contribution < 1.29 is 9.47 Å². The molecule has 34 heavy (non-hydrogen) atoms. The quantitative estimate of drug-likeness (QED) is 0.335. The number of hydrogen-bond donors (Lipinski definition) is 1. The van der Waals surface area contributed by atoms with Gasteiger partial charge in [-0.3, -0.25) is 4.98 Å². The highest BCUT2D eigenvalue weighted by Crippen LogP contribution is 2.30. The van der Waals surface area contributed by atoms with Crippen LogP contribution in [-0.4, -0.2) is 54.6 Å². The Labute approximate surface area is 198 Å². The first kappa shape index (κ1) is 23.7. The summed E-state index contributed by atoms with van der Waals surface area (Å²) in [4.78, 5) is 9.55. The molecule has 0 atom stereocenters. The summed E-state index contributed by atoms with van der Waals surface area (Å²) in [5.74, 6) is 1.08. The van der Waals surface area contributed by atoms with E-state index < -0.39 is 5.79 Å². The lowest BCUT2D eigenvalue weighted by Crippen LogP contribution is -2.32. The summed E-state index contributed by atoms with van der Waals surface area (Å²) in [6.07, 6.45) is 4.98. The van der Waals surface area contributed by atoms with Crippen LogP contribution in [0.5, 0.6) is 0 Å². The van der Waals surface area contributed by atoms with E-state index in [1.54, 1.807) is 14.2 Å². The molecule has 10 heteroatoms. The number of hydrogen-bond acceptors (Lipinski definition) is 8. The van der Waals surface area contributed by atoms with Crippen LogP contribution in [0.25, 0.3) is 22.6 Å². The van der Waals surface area contributed by atoms with Crippen LogP contribution in [0.1, 0.15) is 50.3 Å². The molecule has 0 radical (unpaired) electrons. The van der Waals surface area contributed by atoms with Gasteiger partial charge >= 0.3 is 0 Å². The maximum absolute atomic E-state index is 5.73. The lowest BCUT2D eigenvalue weighted by atomic mass is 10.0.